The average Bonchev–Trinajstić information content (AvgIpc) is 2.87. The van der Waals surface area contributed by atoms with Gasteiger partial charge in [-0.1, -0.05) is 6.92 Å². The van der Waals surface area contributed by atoms with E-state index in [1.165, 1.54) is 71.4 Å². The minimum Gasteiger partial charge on any atom is -0.381 e. The molecule has 0 aromatic heterocycles. The molecule has 0 N–H and O–H groups in total. The molecule has 1 saturated carbocycles. The first-order chi connectivity index (χ1) is 10.2. The van der Waals surface area contributed by atoms with Gasteiger partial charge in [0.25, 0.3) is 0 Å². The number of piperidine rings is 1. The number of ether oxygens (including phenoxy) is 1. The standard InChI is InChI=1S/C18H34N2O/c1-3-19-8-5-18(15-19)6-9-20(10-7-18)13-16-11-17(12-16)14-21-4-2/h16-17H,3-15H2,1-2H3. The van der Waals surface area contributed by atoms with Gasteiger partial charge >= 0.3 is 0 Å². The van der Waals surface area contributed by atoms with E-state index in [4.69, 9.17) is 4.74 Å². The summed E-state index contributed by atoms with van der Waals surface area (Å²) in [5, 5.41) is 0. The largest absolute Gasteiger partial charge is 0.381 e. The van der Waals surface area contributed by atoms with Crippen LogP contribution in [-0.4, -0.2) is 62.3 Å². The molecule has 3 rings (SSSR count). The van der Waals surface area contributed by atoms with Crippen LogP contribution in [0.5, 0.6) is 0 Å². The molecule has 0 atom stereocenters. The second-order valence-corrected chi connectivity index (χ2v) is 7.78. The predicted octanol–water partition coefficient (Wildman–Crippen LogP) is 2.86. The molecule has 2 heterocycles. The van der Waals surface area contributed by atoms with Crippen molar-refractivity contribution in [2.24, 2.45) is 17.3 Å². The zero-order valence-corrected chi connectivity index (χ0v) is 14.1. The molecule has 3 fully saturated rings. The van der Waals surface area contributed by atoms with E-state index >= 15 is 0 Å². The van der Waals surface area contributed by atoms with Gasteiger partial charge in [0.1, 0.15) is 0 Å². The minimum atomic E-state index is 0.684. The molecule has 2 aliphatic heterocycles. The summed E-state index contributed by atoms with van der Waals surface area (Å²) in [7, 11) is 0. The maximum atomic E-state index is 5.54. The van der Waals surface area contributed by atoms with E-state index in [0.29, 0.717) is 5.41 Å². The van der Waals surface area contributed by atoms with Crippen LogP contribution >= 0.6 is 0 Å². The molecule has 0 aromatic carbocycles. The van der Waals surface area contributed by atoms with Crippen molar-refractivity contribution in [3.05, 3.63) is 0 Å². The SMILES string of the molecule is CCOCC1CC(CN2CCC3(CC2)CCN(CC)C3)C1. The lowest BCUT2D eigenvalue weighted by Gasteiger charge is -2.43. The van der Waals surface area contributed by atoms with Gasteiger partial charge in [0, 0.05) is 26.3 Å². The molecule has 0 aromatic rings. The van der Waals surface area contributed by atoms with Crippen LogP contribution in [-0.2, 0) is 4.74 Å². The number of hydrogen-bond donors (Lipinski definition) is 0. The lowest BCUT2D eigenvalue weighted by Crippen LogP contribution is -2.45. The van der Waals surface area contributed by atoms with Crippen LogP contribution in [0.15, 0.2) is 0 Å². The van der Waals surface area contributed by atoms with E-state index in [-0.39, 0.29) is 0 Å². The Morgan fingerprint density at radius 3 is 2.19 bits per heavy atom. The van der Waals surface area contributed by atoms with Crippen LogP contribution in [0.3, 0.4) is 0 Å². The van der Waals surface area contributed by atoms with Gasteiger partial charge < -0.3 is 14.5 Å². The summed E-state index contributed by atoms with van der Waals surface area (Å²) in [6.07, 6.45) is 7.15. The van der Waals surface area contributed by atoms with E-state index in [1.54, 1.807) is 0 Å². The summed E-state index contributed by atoms with van der Waals surface area (Å²) >= 11 is 0. The molecule has 1 aliphatic carbocycles. The van der Waals surface area contributed by atoms with E-state index in [0.717, 1.165) is 25.0 Å². The Labute approximate surface area is 131 Å². The van der Waals surface area contributed by atoms with Crippen molar-refractivity contribution in [3.63, 3.8) is 0 Å². The molecule has 0 bridgehead atoms. The molecule has 3 nitrogen and oxygen atoms in total. The highest BCUT2D eigenvalue weighted by molar-refractivity contribution is 4.94. The maximum Gasteiger partial charge on any atom is 0.0494 e. The van der Waals surface area contributed by atoms with Crippen LogP contribution < -0.4 is 0 Å². The maximum absolute atomic E-state index is 5.54. The Hall–Kier alpha value is -0.120. The molecule has 3 aliphatic rings. The Morgan fingerprint density at radius 2 is 1.62 bits per heavy atom. The lowest BCUT2D eigenvalue weighted by atomic mass is 9.74. The van der Waals surface area contributed by atoms with Crippen molar-refractivity contribution in [3.8, 4) is 0 Å². The quantitative estimate of drug-likeness (QED) is 0.749. The van der Waals surface area contributed by atoms with E-state index in [1.807, 2.05) is 0 Å². The first-order valence-electron chi connectivity index (χ1n) is 9.25. The number of hydrogen-bond acceptors (Lipinski definition) is 3. The van der Waals surface area contributed by atoms with Crippen LogP contribution in [0.4, 0.5) is 0 Å². The predicted molar refractivity (Wildman–Crippen MR) is 87.5 cm³/mol. The third kappa shape index (κ3) is 3.80. The number of likely N-dealkylation sites (tertiary alicyclic amines) is 2. The van der Waals surface area contributed by atoms with Gasteiger partial charge in [-0.05, 0) is 82.5 Å². The van der Waals surface area contributed by atoms with Crippen molar-refractivity contribution < 1.29 is 4.74 Å². The Balaban J connectivity index is 1.34. The fraction of sp³-hybridized carbons (Fsp3) is 1.00. The lowest BCUT2D eigenvalue weighted by molar-refractivity contribution is 0.0235. The van der Waals surface area contributed by atoms with Gasteiger partial charge in [-0.15, -0.1) is 0 Å². The Bertz CT molecular complexity index is 319. The van der Waals surface area contributed by atoms with Crippen molar-refractivity contribution >= 4 is 0 Å². The Kier molecular flexibility index (Phi) is 5.23. The fourth-order valence-corrected chi connectivity index (χ4v) is 4.72. The van der Waals surface area contributed by atoms with Gasteiger partial charge in [-0.25, -0.2) is 0 Å². The fourth-order valence-electron chi connectivity index (χ4n) is 4.72. The van der Waals surface area contributed by atoms with Gasteiger partial charge in [0.05, 0.1) is 0 Å². The molecule has 1 spiro atoms. The molecule has 0 amide bonds. The summed E-state index contributed by atoms with van der Waals surface area (Å²) in [6, 6.07) is 0. The third-order valence-electron chi connectivity index (χ3n) is 6.29. The summed E-state index contributed by atoms with van der Waals surface area (Å²) in [5.74, 6) is 1.82. The summed E-state index contributed by atoms with van der Waals surface area (Å²) in [6.45, 7) is 14.3. The topological polar surface area (TPSA) is 15.7 Å². The minimum absolute atomic E-state index is 0.684. The first-order valence-corrected chi connectivity index (χ1v) is 9.25. The van der Waals surface area contributed by atoms with Crippen molar-refractivity contribution in [2.45, 2.75) is 46.0 Å². The highest BCUT2D eigenvalue weighted by atomic mass is 16.5. The molecule has 21 heavy (non-hydrogen) atoms. The Morgan fingerprint density at radius 1 is 0.952 bits per heavy atom. The second kappa shape index (κ2) is 6.97. The van der Waals surface area contributed by atoms with Gasteiger partial charge in [0.2, 0.25) is 0 Å². The first kappa shape index (κ1) is 15.8. The van der Waals surface area contributed by atoms with Gasteiger partial charge in [-0.3, -0.25) is 0 Å². The van der Waals surface area contributed by atoms with Crippen LogP contribution in [0.2, 0.25) is 0 Å². The summed E-state index contributed by atoms with van der Waals surface area (Å²) in [5.41, 5.74) is 0.684. The second-order valence-electron chi connectivity index (χ2n) is 7.78. The zero-order chi connectivity index (χ0) is 14.7. The molecule has 2 saturated heterocycles. The normalized spacial score (nSPS) is 33.4. The van der Waals surface area contributed by atoms with E-state index in [9.17, 15) is 0 Å². The summed E-state index contributed by atoms with van der Waals surface area (Å²) in [4.78, 5) is 5.40. The summed E-state index contributed by atoms with van der Waals surface area (Å²) < 4.78 is 5.54. The molecule has 122 valence electrons. The van der Waals surface area contributed by atoms with Crippen molar-refractivity contribution in [1.82, 2.24) is 9.80 Å². The molecule has 0 unspecified atom stereocenters. The van der Waals surface area contributed by atoms with Crippen LogP contribution in [0.25, 0.3) is 0 Å². The van der Waals surface area contributed by atoms with Crippen molar-refractivity contribution in [1.29, 1.82) is 0 Å². The van der Waals surface area contributed by atoms with Crippen LogP contribution in [0, 0.1) is 17.3 Å². The molecular weight excluding hydrogens is 260 g/mol. The number of rotatable bonds is 6. The highest BCUT2D eigenvalue weighted by Gasteiger charge is 2.40. The van der Waals surface area contributed by atoms with E-state index in [2.05, 4.69) is 23.6 Å². The molecule has 0 radical (unpaired) electrons. The smallest absolute Gasteiger partial charge is 0.0494 e. The number of nitrogens with zero attached hydrogens (tertiary/aromatic N) is 2. The monoisotopic (exact) mass is 294 g/mol. The average molecular weight is 294 g/mol. The van der Waals surface area contributed by atoms with Gasteiger partial charge in [-0.2, -0.15) is 0 Å². The third-order valence-corrected chi connectivity index (χ3v) is 6.29. The molecule has 3 heteroatoms. The highest BCUT2D eigenvalue weighted by Crippen LogP contribution is 2.41. The van der Waals surface area contributed by atoms with E-state index < -0.39 is 0 Å². The van der Waals surface area contributed by atoms with Crippen LogP contribution in [0.1, 0.15) is 46.0 Å². The molecular formula is C18H34N2O. The zero-order valence-electron chi connectivity index (χ0n) is 14.1. The van der Waals surface area contributed by atoms with Crippen molar-refractivity contribution in [2.75, 3.05) is 52.5 Å². The van der Waals surface area contributed by atoms with Gasteiger partial charge in [0.15, 0.2) is 0 Å².